The summed E-state index contributed by atoms with van der Waals surface area (Å²) in [5.74, 6) is 1.24. The molecule has 0 spiro atoms. The van der Waals surface area contributed by atoms with Gasteiger partial charge < -0.3 is 10.6 Å². The predicted octanol–water partition coefficient (Wildman–Crippen LogP) is 3.34. The summed E-state index contributed by atoms with van der Waals surface area (Å²) in [5.41, 5.74) is 2.70. The number of hydrogen-bond donors (Lipinski definition) is 2. The highest BCUT2D eigenvalue weighted by molar-refractivity contribution is 7.98. The Labute approximate surface area is 150 Å². The van der Waals surface area contributed by atoms with Crippen molar-refractivity contribution >= 4 is 40.1 Å². The van der Waals surface area contributed by atoms with Crippen LogP contribution in [0, 0.1) is 27.7 Å². The number of amides is 1. The Kier molecular flexibility index (Phi) is 6.56. The van der Waals surface area contributed by atoms with Crippen molar-refractivity contribution in [2.45, 2.75) is 40.2 Å². The van der Waals surface area contributed by atoms with Gasteiger partial charge in [-0.15, -0.1) is 11.3 Å². The third-order valence-electron chi connectivity index (χ3n) is 3.47. The molecule has 0 unspecified atom stereocenters. The van der Waals surface area contributed by atoms with Gasteiger partial charge in [-0.05, 0) is 52.2 Å². The summed E-state index contributed by atoms with van der Waals surface area (Å²) in [6.07, 6.45) is 2.71. The summed E-state index contributed by atoms with van der Waals surface area (Å²) >= 11 is 3.19. The Morgan fingerprint density at radius 1 is 1.21 bits per heavy atom. The smallest absolute Gasteiger partial charge is 0.248 e. The van der Waals surface area contributed by atoms with Crippen molar-refractivity contribution in [2.75, 3.05) is 22.6 Å². The molecule has 0 radical (unpaired) electrons. The highest BCUT2D eigenvalue weighted by Gasteiger charge is 2.21. The van der Waals surface area contributed by atoms with E-state index < -0.39 is 6.04 Å². The van der Waals surface area contributed by atoms with Gasteiger partial charge >= 0.3 is 0 Å². The second-order valence-electron chi connectivity index (χ2n) is 5.60. The number of anilines is 2. The van der Waals surface area contributed by atoms with Crippen LogP contribution in [0.3, 0.4) is 0 Å². The van der Waals surface area contributed by atoms with Crippen molar-refractivity contribution in [2.24, 2.45) is 0 Å². The number of carbonyl (C=O) groups is 1. The molecule has 8 heteroatoms. The molecule has 24 heavy (non-hydrogen) atoms. The molecule has 1 amide bonds. The molecule has 0 fully saturated rings. The van der Waals surface area contributed by atoms with Gasteiger partial charge in [0.1, 0.15) is 6.04 Å². The maximum Gasteiger partial charge on any atom is 0.248 e. The highest BCUT2D eigenvalue weighted by atomic mass is 32.2. The fraction of sp³-hybridized carbons (Fsp3) is 0.500. The molecule has 0 aliphatic heterocycles. The topological polar surface area (TPSA) is 79.8 Å². The number of aryl methyl sites for hydroxylation is 4. The average Bonchev–Trinajstić information content (AvgIpc) is 2.80. The van der Waals surface area contributed by atoms with Gasteiger partial charge in [-0.25, -0.2) is 15.0 Å². The van der Waals surface area contributed by atoms with Gasteiger partial charge in [0.25, 0.3) is 0 Å². The fourth-order valence-electron chi connectivity index (χ4n) is 2.17. The third-order valence-corrected chi connectivity index (χ3v) is 5.10. The van der Waals surface area contributed by atoms with Crippen LogP contribution in [0.1, 0.15) is 28.4 Å². The van der Waals surface area contributed by atoms with E-state index >= 15 is 0 Å². The van der Waals surface area contributed by atoms with Crippen LogP contribution in [0.4, 0.5) is 11.1 Å². The number of nitrogens with zero attached hydrogens (tertiary/aromatic N) is 3. The van der Waals surface area contributed by atoms with Gasteiger partial charge in [-0.1, -0.05) is 0 Å². The summed E-state index contributed by atoms with van der Waals surface area (Å²) in [5, 5.41) is 6.70. The standard InChI is InChI=1S/C16H23N5OS2/c1-9-8-10(2)18-15(17-9)20-13(6-7-23-5)14(22)21-16-19-11(3)12(4)24-16/h8,13H,6-7H2,1-5H3,(H,17,18,20)(H,19,21,22)/t13-/m1/s1. The molecular weight excluding hydrogens is 342 g/mol. The van der Waals surface area contributed by atoms with E-state index in [9.17, 15) is 4.79 Å². The molecule has 0 saturated carbocycles. The van der Waals surface area contributed by atoms with Crippen molar-refractivity contribution < 1.29 is 4.79 Å². The van der Waals surface area contributed by atoms with E-state index in [0.29, 0.717) is 17.5 Å². The van der Waals surface area contributed by atoms with Crippen LogP contribution in [0.25, 0.3) is 0 Å². The largest absolute Gasteiger partial charge is 0.342 e. The Balaban J connectivity index is 2.12. The molecule has 6 nitrogen and oxygen atoms in total. The van der Waals surface area contributed by atoms with Gasteiger partial charge in [0.05, 0.1) is 5.69 Å². The molecular formula is C16H23N5OS2. The number of thiazole rings is 1. The van der Waals surface area contributed by atoms with Crippen LogP contribution < -0.4 is 10.6 Å². The number of hydrogen-bond acceptors (Lipinski definition) is 7. The van der Waals surface area contributed by atoms with Gasteiger partial charge in [0.15, 0.2) is 5.13 Å². The van der Waals surface area contributed by atoms with Crippen LogP contribution in [-0.2, 0) is 4.79 Å². The van der Waals surface area contributed by atoms with Gasteiger partial charge in [-0.2, -0.15) is 11.8 Å². The zero-order valence-corrected chi connectivity index (χ0v) is 16.3. The van der Waals surface area contributed by atoms with Crippen LogP contribution in [0.2, 0.25) is 0 Å². The Hall–Kier alpha value is -1.67. The van der Waals surface area contributed by atoms with Gasteiger partial charge in [0, 0.05) is 16.3 Å². The minimum Gasteiger partial charge on any atom is -0.342 e. The molecule has 0 saturated heterocycles. The molecule has 2 rings (SSSR count). The number of aromatic nitrogens is 3. The second kappa shape index (κ2) is 8.43. The molecule has 130 valence electrons. The SMILES string of the molecule is CSCC[C@@H](Nc1nc(C)cc(C)n1)C(=O)Nc1nc(C)c(C)s1. The van der Waals surface area contributed by atoms with E-state index in [1.807, 2.05) is 40.0 Å². The van der Waals surface area contributed by atoms with E-state index in [2.05, 4.69) is 25.6 Å². The van der Waals surface area contributed by atoms with Crippen molar-refractivity contribution in [1.29, 1.82) is 0 Å². The number of thioether (sulfide) groups is 1. The average molecular weight is 366 g/mol. The van der Waals surface area contributed by atoms with E-state index in [4.69, 9.17) is 0 Å². The number of rotatable bonds is 7. The van der Waals surface area contributed by atoms with Crippen LogP contribution in [0.5, 0.6) is 0 Å². The quantitative estimate of drug-likeness (QED) is 0.783. The van der Waals surface area contributed by atoms with E-state index in [1.165, 1.54) is 11.3 Å². The van der Waals surface area contributed by atoms with Crippen LogP contribution in [0.15, 0.2) is 6.07 Å². The number of nitrogens with one attached hydrogen (secondary N) is 2. The highest BCUT2D eigenvalue weighted by Crippen LogP contribution is 2.21. The van der Waals surface area contributed by atoms with Crippen LogP contribution >= 0.6 is 23.1 Å². The Morgan fingerprint density at radius 2 is 1.88 bits per heavy atom. The van der Waals surface area contributed by atoms with E-state index in [-0.39, 0.29) is 5.91 Å². The summed E-state index contributed by atoms with van der Waals surface area (Å²) in [6, 6.07) is 1.51. The van der Waals surface area contributed by atoms with Gasteiger partial charge in [-0.3, -0.25) is 4.79 Å². The lowest BCUT2D eigenvalue weighted by Gasteiger charge is -2.17. The lowest BCUT2D eigenvalue weighted by atomic mass is 10.2. The maximum absolute atomic E-state index is 12.6. The van der Waals surface area contributed by atoms with E-state index in [0.717, 1.165) is 27.7 Å². The summed E-state index contributed by atoms with van der Waals surface area (Å²) in [4.78, 5) is 26.9. The first-order valence-corrected chi connectivity index (χ1v) is 9.92. The molecule has 0 aliphatic rings. The molecule has 1 atom stereocenters. The molecule has 2 aromatic heterocycles. The van der Waals surface area contributed by atoms with Crippen LogP contribution in [-0.4, -0.2) is 38.9 Å². The third kappa shape index (κ3) is 5.17. The molecule has 0 bridgehead atoms. The maximum atomic E-state index is 12.6. The first-order chi connectivity index (χ1) is 11.4. The summed E-state index contributed by atoms with van der Waals surface area (Å²) in [6.45, 7) is 7.76. The summed E-state index contributed by atoms with van der Waals surface area (Å²) < 4.78 is 0. The van der Waals surface area contributed by atoms with Crippen molar-refractivity contribution in [3.8, 4) is 0 Å². The fourth-order valence-corrected chi connectivity index (χ4v) is 3.46. The monoisotopic (exact) mass is 365 g/mol. The second-order valence-corrected chi connectivity index (χ2v) is 7.79. The molecule has 2 aromatic rings. The lowest BCUT2D eigenvalue weighted by Crippen LogP contribution is -2.36. The lowest BCUT2D eigenvalue weighted by molar-refractivity contribution is -0.116. The molecule has 0 aromatic carbocycles. The zero-order chi connectivity index (χ0) is 17.7. The first-order valence-electron chi connectivity index (χ1n) is 7.71. The van der Waals surface area contributed by atoms with Crippen molar-refractivity contribution in [1.82, 2.24) is 15.0 Å². The number of carbonyl (C=O) groups excluding carboxylic acids is 1. The molecule has 0 aliphatic carbocycles. The predicted molar refractivity (Wildman–Crippen MR) is 102 cm³/mol. The Bertz CT molecular complexity index is 677. The molecule has 2 heterocycles. The van der Waals surface area contributed by atoms with E-state index in [1.54, 1.807) is 11.8 Å². The Morgan fingerprint density at radius 3 is 2.42 bits per heavy atom. The molecule has 2 N–H and O–H groups in total. The summed E-state index contributed by atoms with van der Waals surface area (Å²) in [7, 11) is 0. The first kappa shape index (κ1) is 18.7. The van der Waals surface area contributed by atoms with Crippen molar-refractivity contribution in [3.63, 3.8) is 0 Å². The zero-order valence-electron chi connectivity index (χ0n) is 14.6. The minimum atomic E-state index is -0.400. The van der Waals surface area contributed by atoms with Gasteiger partial charge in [0.2, 0.25) is 11.9 Å². The normalized spacial score (nSPS) is 12.0. The minimum absolute atomic E-state index is 0.111. The van der Waals surface area contributed by atoms with Crippen molar-refractivity contribution in [3.05, 3.63) is 28.0 Å².